The Morgan fingerprint density at radius 2 is 2.38 bits per heavy atom. The van der Waals surface area contributed by atoms with Crippen LogP contribution in [-0.2, 0) is 0 Å². The van der Waals surface area contributed by atoms with Crippen molar-refractivity contribution < 1.29 is 4.79 Å². The average Bonchev–Trinajstić information content (AvgIpc) is 2.69. The van der Waals surface area contributed by atoms with E-state index in [4.69, 9.17) is 5.73 Å². The normalized spacial score (nSPS) is 14.8. The molecule has 84 valence electrons. The van der Waals surface area contributed by atoms with E-state index in [0.29, 0.717) is 12.6 Å². The molecule has 16 heavy (non-hydrogen) atoms. The number of rotatable bonds is 2. The molecule has 1 fully saturated rings. The standard InChI is InChI=1S/C12H14N2OS/c13-8-2-5-10-6-7-11(16-10)12(15)14-9-3-1-4-9/h6-7,9H,1,3-4,8,13H2,(H,14,15). The summed E-state index contributed by atoms with van der Waals surface area (Å²) >= 11 is 1.42. The summed E-state index contributed by atoms with van der Waals surface area (Å²) in [6.07, 6.45) is 3.44. The van der Waals surface area contributed by atoms with E-state index in [9.17, 15) is 4.79 Å². The van der Waals surface area contributed by atoms with Gasteiger partial charge in [-0.1, -0.05) is 11.8 Å². The van der Waals surface area contributed by atoms with E-state index in [1.54, 1.807) is 0 Å². The van der Waals surface area contributed by atoms with Crippen LogP contribution in [0.5, 0.6) is 0 Å². The highest BCUT2D eigenvalue weighted by molar-refractivity contribution is 7.14. The molecule has 1 heterocycles. The van der Waals surface area contributed by atoms with Gasteiger partial charge in [-0.05, 0) is 31.4 Å². The molecule has 1 saturated carbocycles. The van der Waals surface area contributed by atoms with E-state index in [1.807, 2.05) is 12.1 Å². The van der Waals surface area contributed by atoms with Crippen molar-refractivity contribution >= 4 is 17.2 Å². The van der Waals surface area contributed by atoms with Crippen molar-refractivity contribution in [2.24, 2.45) is 5.73 Å². The fourth-order valence-corrected chi connectivity index (χ4v) is 2.26. The zero-order valence-electron chi connectivity index (χ0n) is 8.95. The molecular weight excluding hydrogens is 220 g/mol. The average molecular weight is 234 g/mol. The van der Waals surface area contributed by atoms with Crippen LogP contribution in [0.3, 0.4) is 0 Å². The molecule has 1 aromatic rings. The number of thiophene rings is 1. The Morgan fingerprint density at radius 1 is 1.56 bits per heavy atom. The minimum absolute atomic E-state index is 0.0236. The van der Waals surface area contributed by atoms with Gasteiger partial charge >= 0.3 is 0 Å². The second-order valence-electron chi connectivity index (χ2n) is 3.77. The first-order valence-corrected chi connectivity index (χ1v) is 6.21. The maximum atomic E-state index is 11.8. The lowest BCUT2D eigenvalue weighted by atomic mass is 9.93. The highest BCUT2D eigenvalue weighted by atomic mass is 32.1. The summed E-state index contributed by atoms with van der Waals surface area (Å²) in [5.74, 6) is 5.72. The smallest absolute Gasteiger partial charge is 0.261 e. The third kappa shape index (κ3) is 2.63. The zero-order chi connectivity index (χ0) is 11.4. The third-order valence-electron chi connectivity index (χ3n) is 2.58. The maximum Gasteiger partial charge on any atom is 0.261 e. The summed E-state index contributed by atoms with van der Waals surface area (Å²) in [5, 5.41) is 3.00. The Kier molecular flexibility index (Phi) is 3.60. The zero-order valence-corrected chi connectivity index (χ0v) is 9.77. The lowest BCUT2D eigenvalue weighted by Gasteiger charge is -2.25. The van der Waals surface area contributed by atoms with Crippen molar-refractivity contribution in [3.8, 4) is 11.8 Å². The Hall–Kier alpha value is -1.31. The number of amides is 1. The molecule has 0 aliphatic heterocycles. The molecule has 2 rings (SSSR count). The van der Waals surface area contributed by atoms with Crippen molar-refractivity contribution in [3.05, 3.63) is 21.9 Å². The van der Waals surface area contributed by atoms with E-state index in [1.165, 1.54) is 17.8 Å². The molecule has 1 aliphatic rings. The molecule has 4 heteroatoms. The molecule has 0 bridgehead atoms. The van der Waals surface area contributed by atoms with Gasteiger partial charge in [0.25, 0.3) is 5.91 Å². The van der Waals surface area contributed by atoms with Gasteiger partial charge in [-0.25, -0.2) is 0 Å². The van der Waals surface area contributed by atoms with Crippen LogP contribution in [0.4, 0.5) is 0 Å². The van der Waals surface area contributed by atoms with Crippen LogP contribution in [-0.4, -0.2) is 18.5 Å². The number of nitrogens with two attached hydrogens (primary N) is 1. The van der Waals surface area contributed by atoms with E-state index in [-0.39, 0.29) is 5.91 Å². The van der Waals surface area contributed by atoms with Gasteiger partial charge in [0.1, 0.15) is 0 Å². The van der Waals surface area contributed by atoms with Gasteiger partial charge < -0.3 is 11.1 Å². The van der Waals surface area contributed by atoms with Gasteiger partial charge in [0.15, 0.2) is 0 Å². The first kappa shape index (κ1) is 11.2. The second-order valence-corrected chi connectivity index (χ2v) is 4.85. The molecule has 1 aliphatic carbocycles. The highest BCUT2D eigenvalue weighted by Crippen LogP contribution is 2.20. The molecule has 0 radical (unpaired) electrons. The number of nitrogens with one attached hydrogen (secondary N) is 1. The van der Waals surface area contributed by atoms with Gasteiger partial charge in [-0.3, -0.25) is 4.79 Å². The van der Waals surface area contributed by atoms with Crippen LogP contribution >= 0.6 is 11.3 Å². The Labute approximate surface area is 99.0 Å². The van der Waals surface area contributed by atoms with Crippen molar-refractivity contribution in [2.75, 3.05) is 6.54 Å². The largest absolute Gasteiger partial charge is 0.349 e. The highest BCUT2D eigenvalue weighted by Gasteiger charge is 2.20. The number of carbonyl (C=O) groups is 1. The van der Waals surface area contributed by atoms with Crippen molar-refractivity contribution in [2.45, 2.75) is 25.3 Å². The van der Waals surface area contributed by atoms with Crippen LogP contribution in [0.1, 0.15) is 33.8 Å². The first-order chi connectivity index (χ1) is 7.79. The van der Waals surface area contributed by atoms with E-state index < -0.39 is 0 Å². The lowest BCUT2D eigenvalue weighted by Crippen LogP contribution is -2.39. The van der Waals surface area contributed by atoms with Gasteiger partial charge in [0.05, 0.1) is 16.3 Å². The molecule has 3 N–H and O–H groups in total. The quantitative estimate of drug-likeness (QED) is 0.759. The molecule has 1 aromatic heterocycles. The molecule has 3 nitrogen and oxygen atoms in total. The van der Waals surface area contributed by atoms with Crippen molar-refractivity contribution in [1.82, 2.24) is 5.32 Å². The van der Waals surface area contributed by atoms with E-state index in [0.717, 1.165) is 22.6 Å². The fraction of sp³-hybridized carbons (Fsp3) is 0.417. The molecular formula is C12H14N2OS. The summed E-state index contributed by atoms with van der Waals surface area (Å²) in [7, 11) is 0. The summed E-state index contributed by atoms with van der Waals surface area (Å²) in [6.45, 7) is 0.349. The minimum Gasteiger partial charge on any atom is -0.349 e. The SMILES string of the molecule is NCC#Cc1ccc(C(=O)NC2CCC2)s1. The maximum absolute atomic E-state index is 11.8. The van der Waals surface area contributed by atoms with Crippen LogP contribution in [0.2, 0.25) is 0 Å². The van der Waals surface area contributed by atoms with Crippen LogP contribution in [0, 0.1) is 11.8 Å². The molecule has 0 saturated heterocycles. The van der Waals surface area contributed by atoms with Crippen molar-refractivity contribution in [1.29, 1.82) is 0 Å². The Morgan fingerprint density at radius 3 is 3.00 bits per heavy atom. The van der Waals surface area contributed by atoms with E-state index >= 15 is 0 Å². The fourth-order valence-electron chi connectivity index (χ4n) is 1.47. The third-order valence-corrected chi connectivity index (χ3v) is 3.58. The molecule has 0 spiro atoms. The number of carbonyl (C=O) groups excluding carboxylic acids is 1. The van der Waals surface area contributed by atoms with Gasteiger partial charge in [0.2, 0.25) is 0 Å². The van der Waals surface area contributed by atoms with Crippen LogP contribution < -0.4 is 11.1 Å². The molecule has 0 unspecified atom stereocenters. The predicted octanol–water partition coefficient (Wildman–Crippen LogP) is 1.34. The molecule has 0 aromatic carbocycles. The topological polar surface area (TPSA) is 55.1 Å². The van der Waals surface area contributed by atoms with Crippen LogP contribution in [0.25, 0.3) is 0 Å². The molecule has 1 amide bonds. The lowest BCUT2D eigenvalue weighted by molar-refractivity contribution is 0.0921. The number of hydrogen-bond acceptors (Lipinski definition) is 3. The minimum atomic E-state index is 0.0236. The van der Waals surface area contributed by atoms with Gasteiger partial charge in [-0.15, -0.1) is 11.3 Å². The summed E-state index contributed by atoms with van der Waals surface area (Å²) in [6, 6.07) is 4.07. The number of hydrogen-bond donors (Lipinski definition) is 2. The summed E-state index contributed by atoms with van der Waals surface area (Å²) < 4.78 is 0. The summed E-state index contributed by atoms with van der Waals surface area (Å²) in [5.41, 5.74) is 5.29. The second kappa shape index (κ2) is 5.15. The van der Waals surface area contributed by atoms with Gasteiger partial charge in [-0.2, -0.15) is 0 Å². The Bertz CT molecular complexity index is 437. The first-order valence-electron chi connectivity index (χ1n) is 5.39. The van der Waals surface area contributed by atoms with Crippen molar-refractivity contribution in [3.63, 3.8) is 0 Å². The van der Waals surface area contributed by atoms with Crippen LogP contribution in [0.15, 0.2) is 12.1 Å². The summed E-state index contributed by atoms with van der Waals surface area (Å²) in [4.78, 5) is 13.4. The predicted molar refractivity (Wildman–Crippen MR) is 65.4 cm³/mol. The molecule has 0 atom stereocenters. The van der Waals surface area contributed by atoms with Gasteiger partial charge in [0, 0.05) is 6.04 Å². The Balaban J connectivity index is 1.97. The monoisotopic (exact) mass is 234 g/mol. The van der Waals surface area contributed by atoms with E-state index in [2.05, 4.69) is 17.2 Å².